The van der Waals surface area contributed by atoms with Gasteiger partial charge in [-0.3, -0.25) is 4.79 Å². The lowest BCUT2D eigenvalue weighted by atomic mass is 10.1. The molecule has 1 unspecified atom stereocenters. The van der Waals surface area contributed by atoms with Crippen molar-refractivity contribution in [3.8, 4) is 5.88 Å². The first-order valence-electron chi connectivity index (χ1n) is 7.82. The number of amides is 1. The number of pyridine rings is 1. The lowest BCUT2D eigenvalue weighted by molar-refractivity contribution is 0.0600. The van der Waals surface area contributed by atoms with Gasteiger partial charge in [-0.1, -0.05) is 0 Å². The van der Waals surface area contributed by atoms with Gasteiger partial charge in [-0.2, -0.15) is 0 Å². The zero-order valence-electron chi connectivity index (χ0n) is 13.6. The predicted octanol–water partition coefficient (Wildman–Crippen LogP) is 2.92. The maximum atomic E-state index is 12.6. The Bertz CT molecular complexity index is 762. The van der Waals surface area contributed by atoms with Crippen LogP contribution in [0.5, 0.6) is 5.88 Å². The third kappa shape index (κ3) is 4.17. The van der Waals surface area contributed by atoms with Crippen molar-refractivity contribution in [1.82, 2.24) is 9.88 Å². The van der Waals surface area contributed by atoms with E-state index in [1.165, 1.54) is 7.11 Å². The molecule has 1 aliphatic heterocycles. The van der Waals surface area contributed by atoms with E-state index in [0.717, 1.165) is 10.9 Å². The summed E-state index contributed by atoms with van der Waals surface area (Å²) in [6, 6.07) is 10.1. The Morgan fingerprint density at radius 3 is 2.52 bits per heavy atom. The number of benzene rings is 1. The average Bonchev–Trinajstić information content (AvgIpc) is 3.11. The minimum atomic E-state index is -0.421. The SMILES string of the molecule is COC(=O)c1ccc(C(=O)N2CCC(Oc3ccc(Br)cn3)C2)cc1. The number of esters is 1. The second-order valence-corrected chi connectivity index (χ2v) is 6.58. The van der Waals surface area contributed by atoms with Crippen LogP contribution in [0.4, 0.5) is 0 Å². The fourth-order valence-corrected chi connectivity index (χ4v) is 2.90. The summed E-state index contributed by atoms with van der Waals surface area (Å²) >= 11 is 3.33. The standard InChI is InChI=1S/C18H17BrN2O4/c1-24-18(23)13-4-2-12(3-5-13)17(22)21-9-8-15(11-21)25-16-7-6-14(19)10-20-16/h2-7,10,15H,8-9,11H2,1H3. The highest BCUT2D eigenvalue weighted by molar-refractivity contribution is 9.10. The van der Waals surface area contributed by atoms with Crippen molar-refractivity contribution in [2.24, 2.45) is 0 Å². The van der Waals surface area contributed by atoms with Gasteiger partial charge in [0.15, 0.2) is 0 Å². The smallest absolute Gasteiger partial charge is 0.337 e. The van der Waals surface area contributed by atoms with Crippen molar-refractivity contribution < 1.29 is 19.1 Å². The van der Waals surface area contributed by atoms with Crippen molar-refractivity contribution in [3.63, 3.8) is 0 Å². The Morgan fingerprint density at radius 1 is 1.16 bits per heavy atom. The number of rotatable bonds is 4. The van der Waals surface area contributed by atoms with Crippen molar-refractivity contribution >= 4 is 27.8 Å². The van der Waals surface area contributed by atoms with Crippen LogP contribution in [-0.4, -0.2) is 48.1 Å². The zero-order valence-corrected chi connectivity index (χ0v) is 15.2. The molecule has 0 N–H and O–H groups in total. The molecule has 0 spiro atoms. The summed E-state index contributed by atoms with van der Waals surface area (Å²) in [5, 5.41) is 0. The lowest BCUT2D eigenvalue weighted by Gasteiger charge is -2.17. The average molecular weight is 405 g/mol. The normalized spacial score (nSPS) is 16.6. The molecule has 1 amide bonds. The number of likely N-dealkylation sites (tertiary alicyclic amines) is 1. The molecule has 7 heteroatoms. The molecular formula is C18H17BrN2O4. The summed E-state index contributed by atoms with van der Waals surface area (Å²) in [5.74, 6) is 0.0480. The molecule has 1 fully saturated rings. The molecule has 1 aliphatic rings. The van der Waals surface area contributed by atoms with Crippen LogP contribution in [0.25, 0.3) is 0 Å². The van der Waals surface area contributed by atoms with E-state index >= 15 is 0 Å². The Balaban J connectivity index is 1.60. The van der Waals surface area contributed by atoms with Gasteiger partial charge in [0.05, 0.1) is 19.2 Å². The molecule has 1 atom stereocenters. The molecule has 130 valence electrons. The van der Waals surface area contributed by atoms with Crippen LogP contribution in [0.1, 0.15) is 27.1 Å². The molecule has 3 rings (SSSR count). The first kappa shape index (κ1) is 17.4. The summed E-state index contributed by atoms with van der Waals surface area (Å²) in [4.78, 5) is 30.0. The fourth-order valence-electron chi connectivity index (χ4n) is 2.66. The van der Waals surface area contributed by atoms with E-state index in [0.29, 0.717) is 30.1 Å². The first-order valence-corrected chi connectivity index (χ1v) is 8.62. The third-order valence-electron chi connectivity index (χ3n) is 3.97. The van der Waals surface area contributed by atoms with Crippen LogP contribution in [0.3, 0.4) is 0 Å². The van der Waals surface area contributed by atoms with E-state index in [2.05, 4.69) is 25.7 Å². The largest absolute Gasteiger partial charge is 0.472 e. The molecular weight excluding hydrogens is 388 g/mol. The highest BCUT2D eigenvalue weighted by Gasteiger charge is 2.28. The minimum Gasteiger partial charge on any atom is -0.472 e. The summed E-state index contributed by atoms with van der Waals surface area (Å²) < 4.78 is 11.4. The number of methoxy groups -OCH3 is 1. The molecule has 0 aliphatic carbocycles. The van der Waals surface area contributed by atoms with E-state index in [4.69, 9.17) is 4.74 Å². The highest BCUT2D eigenvalue weighted by Crippen LogP contribution is 2.20. The Hall–Kier alpha value is -2.41. The number of aromatic nitrogens is 1. The van der Waals surface area contributed by atoms with Crippen LogP contribution in [0, 0.1) is 0 Å². The molecule has 25 heavy (non-hydrogen) atoms. The predicted molar refractivity (Wildman–Crippen MR) is 94.7 cm³/mol. The van der Waals surface area contributed by atoms with E-state index in [-0.39, 0.29) is 12.0 Å². The van der Waals surface area contributed by atoms with Gasteiger partial charge in [0.2, 0.25) is 5.88 Å². The van der Waals surface area contributed by atoms with Gasteiger partial charge >= 0.3 is 5.97 Å². The Labute approximate surface area is 153 Å². The lowest BCUT2D eigenvalue weighted by Crippen LogP contribution is -2.31. The van der Waals surface area contributed by atoms with Gasteiger partial charge in [-0.05, 0) is 46.3 Å². The van der Waals surface area contributed by atoms with E-state index in [9.17, 15) is 9.59 Å². The molecule has 2 heterocycles. The summed E-state index contributed by atoms with van der Waals surface area (Å²) in [6.07, 6.45) is 2.35. The van der Waals surface area contributed by atoms with Crippen molar-refractivity contribution in [3.05, 3.63) is 58.2 Å². The molecule has 1 saturated heterocycles. The zero-order chi connectivity index (χ0) is 17.8. The number of hydrogen-bond acceptors (Lipinski definition) is 5. The monoisotopic (exact) mass is 404 g/mol. The number of ether oxygens (including phenoxy) is 2. The maximum Gasteiger partial charge on any atom is 0.337 e. The van der Waals surface area contributed by atoms with Gasteiger partial charge in [-0.15, -0.1) is 0 Å². The topological polar surface area (TPSA) is 68.7 Å². The van der Waals surface area contributed by atoms with Crippen LogP contribution in [0.2, 0.25) is 0 Å². The number of carbonyl (C=O) groups is 2. The highest BCUT2D eigenvalue weighted by atomic mass is 79.9. The quantitative estimate of drug-likeness (QED) is 0.732. The third-order valence-corrected chi connectivity index (χ3v) is 4.44. The van der Waals surface area contributed by atoms with E-state index < -0.39 is 5.97 Å². The molecule has 0 radical (unpaired) electrons. The number of halogens is 1. The maximum absolute atomic E-state index is 12.6. The second-order valence-electron chi connectivity index (χ2n) is 5.66. The van der Waals surface area contributed by atoms with E-state index in [1.807, 2.05) is 6.07 Å². The van der Waals surface area contributed by atoms with Crippen molar-refractivity contribution in [2.75, 3.05) is 20.2 Å². The Morgan fingerprint density at radius 2 is 1.88 bits per heavy atom. The molecule has 1 aromatic carbocycles. The number of carbonyl (C=O) groups excluding carboxylic acids is 2. The van der Waals surface area contributed by atoms with Crippen LogP contribution in [-0.2, 0) is 4.74 Å². The van der Waals surface area contributed by atoms with Crippen LogP contribution < -0.4 is 4.74 Å². The Kier molecular flexibility index (Phi) is 5.33. The fraction of sp³-hybridized carbons (Fsp3) is 0.278. The van der Waals surface area contributed by atoms with E-state index in [1.54, 1.807) is 41.4 Å². The number of nitrogens with zero attached hydrogens (tertiary/aromatic N) is 2. The number of hydrogen-bond donors (Lipinski definition) is 0. The summed E-state index contributed by atoms with van der Waals surface area (Å²) in [6.45, 7) is 1.13. The minimum absolute atomic E-state index is 0.0769. The van der Waals surface area contributed by atoms with Gasteiger partial charge in [-0.25, -0.2) is 9.78 Å². The molecule has 0 saturated carbocycles. The van der Waals surface area contributed by atoms with Gasteiger partial charge in [0, 0.05) is 35.3 Å². The summed E-state index contributed by atoms with van der Waals surface area (Å²) in [7, 11) is 1.33. The van der Waals surface area contributed by atoms with Gasteiger partial charge in [0.1, 0.15) is 6.10 Å². The molecule has 1 aromatic heterocycles. The summed E-state index contributed by atoms with van der Waals surface area (Å²) in [5.41, 5.74) is 0.957. The van der Waals surface area contributed by atoms with Gasteiger partial charge < -0.3 is 14.4 Å². The molecule has 2 aromatic rings. The first-order chi connectivity index (χ1) is 12.1. The second kappa shape index (κ2) is 7.65. The van der Waals surface area contributed by atoms with Crippen LogP contribution in [0.15, 0.2) is 47.1 Å². The molecule has 0 bridgehead atoms. The van der Waals surface area contributed by atoms with Crippen molar-refractivity contribution in [2.45, 2.75) is 12.5 Å². The molecule has 6 nitrogen and oxygen atoms in total. The van der Waals surface area contributed by atoms with Crippen LogP contribution >= 0.6 is 15.9 Å². The van der Waals surface area contributed by atoms with Crippen molar-refractivity contribution in [1.29, 1.82) is 0 Å². The van der Waals surface area contributed by atoms with Gasteiger partial charge in [0.25, 0.3) is 5.91 Å².